The van der Waals surface area contributed by atoms with Crippen molar-refractivity contribution in [1.29, 1.82) is 0 Å². The molecule has 1 fully saturated rings. The van der Waals surface area contributed by atoms with Crippen LogP contribution < -0.4 is 10.9 Å². The highest BCUT2D eigenvalue weighted by Gasteiger charge is 2.30. The number of rotatable bonds is 6. The van der Waals surface area contributed by atoms with Crippen LogP contribution in [-0.2, 0) is 16.1 Å². The zero-order valence-corrected chi connectivity index (χ0v) is 19.7. The molecule has 2 heterocycles. The van der Waals surface area contributed by atoms with Gasteiger partial charge in [-0.05, 0) is 74.2 Å². The molecule has 0 bridgehead atoms. The van der Waals surface area contributed by atoms with Gasteiger partial charge in [-0.3, -0.25) is 9.59 Å². The average molecular weight is 472 g/mol. The summed E-state index contributed by atoms with van der Waals surface area (Å²) in [6.45, 7) is 3.80. The molecule has 178 valence electrons. The monoisotopic (exact) mass is 471 g/mol. The minimum atomic E-state index is -0.458. The third-order valence-corrected chi connectivity index (χ3v) is 6.29. The summed E-state index contributed by atoms with van der Waals surface area (Å²) in [5, 5.41) is 12.6. The Hall–Kier alpha value is -4.27. The normalized spacial score (nSPS) is 13.1. The molecule has 1 aliphatic rings. The Labute approximate surface area is 201 Å². The molecule has 2 aromatic heterocycles. The maximum absolute atomic E-state index is 13.5. The van der Waals surface area contributed by atoms with Gasteiger partial charge in [-0.15, -0.1) is 0 Å². The Morgan fingerprint density at radius 3 is 2.49 bits per heavy atom. The number of fused-ring (bicyclic) bond motifs is 1. The Kier molecular flexibility index (Phi) is 5.68. The van der Waals surface area contributed by atoms with Crippen molar-refractivity contribution in [3.63, 3.8) is 0 Å². The van der Waals surface area contributed by atoms with E-state index in [1.165, 1.54) is 11.8 Å². The van der Waals surface area contributed by atoms with Crippen molar-refractivity contribution < 1.29 is 14.3 Å². The van der Waals surface area contributed by atoms with Gasteiger partial charge in [-0.2, -0.15) is 10.2 Å². The number of hydrogen-bond donors (Lipinski definition) is 1. The summed E-state index contributed by atoms with van der Waals surface area (Å²) in [4.78, 5) is 37.9. The fourth-order valence-corrected chi connectivity index (χ4v) is 4.06. The minimum Gasteiger partial charge on any atom is -0.465 e. The zero-order chi connectivity index (χ0) is 24.7. The zero-order valence-electron chi connectivity index (χ0n) is 19.7. The van der Waals surface area contributed by atoms with Crippen LogP contribution in [0.4, 0.5) is 5.69 Å². The van der Waals surface area contributed by atoms with Gasteiger partial charge in [0.2, 0.25) is 5.91 Å². The number of aryl methyl sites for hydroxylation is 2. The molecular formula is C26H25N5O4. The van der Waals surface area contributed by atoms with E-state index >= 15 is 0 Å². The predicted molar refractivity (Wildman–Crippen MR) is 131 cm³/mol. The van der Waals surface area contributed by atoms with Crippen molar-refractivity contribution in [2.45, 2.75) is 39.2 Å². The Balaban J connectivity index is 1.48. The van der Waals surface area contributed by atoms with Crippen LogP contribution in [0.15, 0.2) is 53.5 Å². The molecule has 0 spiro atoms. The molecule has 0 aliphatic heterocycles. The highest BCUT2D eigenvalue weighted by molar-refractivity contribution is 5.93. The number of hydrogen-bond acceptors (Lipinski definition) is 6. The van der Waals surface area contributed by atoms with Gasteiger partial charge in [-0.25, -0.2) is 14.2 Å². The highest BCUT2D eigenvalue weighted by Crippen LogP contribution is 2.41. The number of benzene rings is 2. The Morgan fingerprint density at radius 1 is 1.09 bits per heavy atom. The first-order valence-electron chi connectivity index (χ1n) is 11.4. The summed E-state index contributed by atoms with van der Waals surface area (Å²) in [5.41, 5.74) is 4.75. The molecule has 2 aromatic carbocycles. The van der Waals surface area contributed by atoms with Crippen LogP contribution in [0, 0.1) is 13.8 Å². The van der Waals surface area contributed by atoms with Crippen LogP contribution in [0.5, 0.6) is 0 Å². The van der Waals surface area contributed by atoms with Crippen molar-refractivity contribution in [3.8, 4) is 5.69 Å². The summed E-state index contributed by atoms with van der Waals surface area (Å²) in [6.07, 6.45) is 3.68. The summed E-state index contributed by atoms with van der Waals surface area (Å²) >= 11 is 0. The van der Waals surface area contributed by atoms with E-state index in [1.54, 1.807) is 35.1 Å². The topological polar surface area (TPSA) is 108 Å². The van der Waals surface area contributed by atoms with Gasteiger partial charge < -0.3 is 10.1 Å². The molecule has 1 aliphatic carbocycles. The summed E-state index contributed by atoms with van der Waals surface area (Å²) in [5.74, 6) is -0.598. The summed E-state index contributed by atoms with van der Waals surface area (Å²) < 4.78 is 7.54. The number of ether oxygens (including phenoxy) is 1. The van der Waals surface area contributed by atoms with Crippen LogP contribution in [0.1, 0.15) is 45.9 Å². The van der Waals surface area contributed by atoms with Crippen LogP contribution in [0.2, 0.25) is 0 Å². The van der Waals surface area contributed by atoms with Crippen molar-refractivity contribution in [1.82, 2.24) is 19.6 Å². The highest BCUT2D eigenvalue weighted by atomic mass is 16.5. The van der Waals surface area contributed by atoms with Crippen molar-refractivity contribution in [2.75, 3.05) is 12.4 Å². The van der Waals surface area contributed by atoms with Crippen LogP contribution in [0.25, 0.3) is 16.6 Å². The number of carbonyl (C=O) groups excluding carboxylic acids is 2. The number of amides is 1. The molecule has 1 amide bonds. The molecule has 4 aromatic rings. The second-order valence-corrected chi connectivity index (χ2v) is 8.83. The lowest BCUT2D eigenvalue weighted by Crippen LogP contribution is -2.31. The van der Waals surface area contributed by atoms with Gasteiger partial charge in [0, 0.05) is 17.0 Å². The smallest absolute Gasteiger partial charge is 0.337 e. The molecule has 1 saturated carbocycles. The third kappa shape index (κ3) is 4.32. The first kappa shape index (κ1) is 22.5. The quantitative estimate of drug-likeness (QED) is 0.431. The van der Waals surface area contributed by atoms with E-state index in [0.29, 0.717) is 16.8 Å². The van der Waals surface area contributed by atoms with Gasteiger partial charge in [0.15, 0.2) is 0 Å². The average Bonchev–Trinajstić information content (AvgIpc) is 3.60. The Bertz CT molecular complexity index is 1510. The van der Waals surface area contributed by atoms with Crippen LogP contribution >= 0.6 is 0 Å². The molecule has 35 heavy (non-hydrogen) atoms. The molecule has 9 heteroatoms. The fourth-order valence-electron chi connectivity index (χ4n) is 4.06. The largest absolute Gasteiger partial charge is 0.465 e. The lowest BCUT2D eigenvalue weighted by atomic mass is 10.1. The lowest BCUT2D eigenvalue weighted by Gasteiger charge is -2.11. The van der Waals surface area contributed by atoms with E-state index in [1.807, 2.05) is 32.0 Å². The van der Waals surface area contributed by atoms with E-state index in [2.05, 4.69) is 20.3 Å². The first-order valence-corrected chi connectivity index (χ1v) is 11.4. The van der Waals surface area contributed by atoms with Crippen LogP contribution in [0.3, 0.4) is 0 Å². The predicted octanol–water partition coefficient (Wildman–Crippen LogP) is 3.50. The van der Waals surface area contributed by atoms with E-state index < -0.39 is 11.9 Å². The van der Waals surface area contributed by atoms with Gasteiger partial charge in [0.1, 0.15) is 12.1 Å². The Morgan fingerprint density at radius 2 is 1.83 bits per heavy atom. The van der Waals surface area contributed by atoms with E-state index in [4.69, 9.17) is 0 Å². The molecule has 9 nitrogen and oxygen atoms in total. The fraction of sp³-hybridized carbons (Fsp3) is 0.269. The SMILES string of the molecule is COC(=O)c1ccc(NC(=O)Cn2nc(C3CC3)c3cnn(-c4ccc(C)c(C)c4)c3c2=O)cc1. The number of nitrogens with zero attached hydrogens (tertiary/aromatic N) is 4. The number of anilines is 1. The van der Waals surface area contributed by atoms with Crippen molar-refractivity contribution >= 4 is 28.5 Å². The molecule has 0 atom stereocenters. The number of aromatic nitrogens is 4. The third-order valence-electron chi connectivity index (χ3n) is 6.29. The lowest BCUT2D eigenvalue weighted by molar-refractivity contribution is -0.117. The molecule has 5 rings (SSSR count). The van der Waals surface area contributed by atoms with Gasteiger partial charge >= 0.3 is 5.97 Å². The molecule has 0 saturated heterocycles. The summed E-state index contributed by atoms with van der Waals surface area (Å²) in [6, 6.07) is 12.3. The summed E-state index contributed by atoms with van der Waals surface area (Å²) in [7, 11) is 1.31. The van der Waals surface area contributed by atoms with Crippen molar-refractivity contribution in [2.24, 2.45) is 0 Å². The minimum absolute atomic E-state index is 0.245. The molecular weight excluding hydrogens is 446 g/mol. The van der Waals surface area contributed by atoms with Gasteiger partial charge in [-0.1, -0.05) is 6.07 Å². The van der Waals surface area contributed by atoms with E-state index in [-0.39, 0.29) is 18.0 Å². The number of carbonyl (C=O) groups is 2. The number of esters is 1. The molecule has 1 N–H and O–H groups in total. The second-order valence-electron chi connectivity index (χ2n) is 8.83. The van der Waals surface area contributed by atoms with Crippen LogP contribution in [-0.4, -0.2) is 38.5 Å². The first-order chi connectivity index (χ1) is 16.9. The maximum Gasteiger partial charge on any atom is 0.337 e. The van der Waals surface area contributed by atoms with Gasteiger partial charge in [0.05, 0.1) is 30.3 Å². The standard InChI is InChI=1S/C26H25N5O4/c1-15-4-11-20(12-16(15)2)31-24-21(13-27-31)23(17-5-6-17)29-30(25(24)33)14-22(32)28-19-9-7-18(8-10-19)26(34)35-3/h4,7-13,17H,5-6,14H2,1-3H3,(H,28,32). The second kappa shape index (κ2) is 8.83. The molecule has 0 radical (unpaired) electrons. The van der Waals surface area contributed by atoms with Gasteiger partial charge in [0.25, 0.3) is 5.56 Å². The van der Waals surface area contributed by atoms with E-state index in [0.717, 1.165) is 40.7 Å². The van der Waals surface area contributed by atoms with Crippen molar-refractivity contribution in [3.05, 3.63) is 81.4 Å². The molecule has 0 unspecified atom stereocenters. The van der Waals surface area contributed by atoms with E-state index in [9.17, 15) is 14.4 Å². The number of nitrogens with one attached hydrogen (secondary N) is 1. The number of methoxy groups -OCH3 is 1. The maximum atomic E-state index is 13.5.